The zero-order valence-corrected chi connectivity index (χ0v) is 13.2. The second-order valence-corrected chi connectivity index (χ2v) is 5.18. The van der Waals surface area contributed by atoms with E-state index in [4.69, 9.17) is 4.74 Å². The Morgan fingerprint density at radius 2 is 2.14 bits per heavy atom. The molecule has 2 rings (SSSR count). The lowest BCUT2D eigenvalue weighted by Gasteiger charge is -2.16. The molecule has 1 aromatic carbocycles. The summed E-state index contributed by atoms with van der Waals surface area (Å²) in [5.74, 6) is 0.968. The van der Waals surface area contributed by atoms with E-state index in [9.17, 15) is 0 Å². The molecule has 0 spiro atoms. The van der Waals surface area contributed by atoms with Crippen LogP contribution < -0.4 is 4.74 Å². The molecule has 0 aliphatic heterocycles. The molecule has 0 saturated carbocycles. The summed E-state index contributed by atoms with van der Waals surface area (Å²) in [4.78, 5) is 0. The first-order valence-corrected chi connectivity index (χ1v) is 7.69. The molecule has 110 valence electrons. The third-order valence-corrected chi connectivity index (χ3v) is 3.69. The maximum Gasteiger partial charge on any atom is 0.127 e. The minimum Gasteiger partial charge on any atom is -0.493 e. The quantitative estimate of drug-likeness (QED) is 0.640. The number of aryl methyl sites for hydroxylation is 1. The van der Waals surface area contributed by atoms with Crippen molar-refractivity contribution in [2.45, 2.75) is 33.6 Å². The van der Waals surface area contributed by atoms with Gasteiger partial charge in [0.05, 0.1) is 6.61 Å². The van der Waals surface area contributed by atoms with Crippen LogP contribution in [-0.4, -0.2) is 6.61 Å². The average molecular weight is 280 g/mol. The lowest BCUT2D eigenvalue weighted by atomic mass is 9.92. The number of hydrogen-bond acceptors (Lipinski definition) is 1. The van der Waals surface area contributed by atoms with Gasteiger partial charge in [-0.15, -0.1) is 0 Å². The topological polar surface area (TPSA) is 9.23 Å². The van der Waals surface area contributed by atoms with Crippen LogP contribution in [0.15, 0.2) is 48.1 Å². The Morgan fingerprint density at radius 1 is 1.29 bits per heavy atom. The van der Waals surface area contributed by atoms with Crippen LogP contribution in [-0.2, 0) is 6.42 Å². The molecule has 0 bridgehead atoms. The van der Waals surface area contributed by atoms with E-state index in [1.807, 2.05) is 6.92 Å². The second kappa shape index (κ2) is 7.68. The van der Waals surface area contributed by atoms with E-state index in [1.54, 1.807) is 0 Å². The Balaban J connectivity index is 2.34. The Bertz CT molecular complexity index is 601. The van der Waals surface area contributed by atoms with Gasteiger partial charge in [0.15, 0.2) is 0 Å². The molecule has 1 aliphatic rings. The molecule has 21 heavy (non-hydrogen) atoms. The number of benzene rings is 1. The first-order chi connectivity index (χ1) is 10.3. The number of hydrogen-bond donors (Lipinski definition) is 0. The lowest BCUT2D eigenvalue weighted by Crippen LogP contribution is -2.01. The highest BCUT2D eigenvalue weighted by Crippen LogP contribution is 2.31. The highest BCUT2D eigenvalue weighted by atomic mass is 16.5. The fraction of sp³-hybridized carbons (Fsp3) is 0.300. The van der Waals surface area contributed by atoms with Crippen molar-refractivity contribution in [2.75, 3.05) is 6.61 Å². The van der Waals surface area contributed by atoms with Gasteiger partial charge in [0.25, 0.3) is 0 Å². The fourth-order valence-corrected chi connectivity index (χ4v) is 2.43. The van der Waals surface area contributed by atoms with Gasteiger partial charge in [-0.05, 0) is 50.8 Å². The van der Waals surface area contributed by atoms with Crippen molar-refractivity contribution in [3.63, 3.8) is 0 Å². The standard InChI is InChI=1S/C20H24O/c1-4-16(3)10-6-8-13-19-18-12-9-7-11-17(18)14-15-20(19)21-5-2/h4,6,8-10,12-15H,5,7,11H2,1-3H3/b10-6+,13-8-,16-4+. The summed E-state index contributed by atoms with van der Waals surface area (Å²) in [5.41, 5.74) is 5.17. The first kappa shape index (κ1) is 15.4. The van der Waals surface area contributed by atoms with Gasteiger partial charge in [-0.1, -0.05) is 54.2 Å². The number of allylic oxidation sites excluding steroid dienone is 6. The summed E-state index contributed by atoms with van der Waals surface area (Å²) in [6, 6.07) is 4.29. The van der Waals surface area contributed by atoms with Crippen molar-refractivity contribution in [3.05, 3.63) is 64.8 Å². The molecule has 0 atom stereocenters. The molecular formula is C20H24O. The van der Waals surface area contributed by atoms with Gasteiger partial charge in [-0.25, -0.2) is 0 Å². The molecule has 0 heterocycles. The van der Waals surface area contributed by atoms with Gasteiger partial charge in [0.2, 0.25) is 0 Å². The largest absolute Gasteiger partial charge is 0.493 e. The monoisotopic (exact) mass is 280 g/mol. The zero-order valence-electron chi connectivity index (χ0n) is 13.2. The summed E-state index contributed by atoms with van der Waals surface area (Å²) in [7, 11) is 0. The molecule has 1 aliphatic carbocycles. The number of ether oxygens (including phenoxy) is 1. The van der Waals surface area contributed by atoms with Crippen LogP contribution in [0.25, 0.3) is 12.2 Å². The minimum atomic E-state index is 0.691. The van der Waals surface area contributed by atoms with Crippen LogP contribution in [0.5, 0.6) is 5.75 Å². The van der Waals surface area contributed by atoms with Crippen LogP contribution in [0, 0.1) is 0 Å². The molecule has 1 nitrogen and oxygen atoms in total. The SMILES string of the molecule is C/C=C(C)/C=C/C=C\c1c(OCC)ccc2c1C=CCC2. The van der Waals surface area contributed by atoms with Crippen molar-refractivity contribution in [3.8, 4) is 5.75 Å². The summed E-state index contributed by atoms with van der Waals surface area (Å²) in [6.07, 6.45) is 17.3. The van der Waals surface area contributed by atoms with Crippen LogP contribution in [0.1, 0.15) is 43.9 Å². The fourth-order valence-electron chi connectivity index (χ4n) is 2.43. The summed E-state index contributed by atoms with van der Waals surface area (Å²) in [5, 5.41) is 0. The van der Waals surface area contributed by atoms with E-state index >= 15 is 0 Å². The van der Waals surface area contributed by atoms with E-state index in [0.717, 1.165) is 18.6 Å². The number of fused-ring (bicyclic) bond motifs is 1. The maximum absolute atomic E-state index is 5.78. The molecule has 0 radical (unpaired) electrons. The number of rotatable bonds is 5. The normalized spacial score (nSPS) is 14.9. The van der Waals surface area contributed by atoms with Crippen LogP contribution >= 0.6 is 0 Å². The van der Waals surface area contributed by atoms with E-state index < -0.39 is 0 Å². The smallest absolute Gasteiger partial charge is 0.127 e. The van der Waals surface area contributed by atoms with Gasteiger partial charge in [0.1, 0.15) is 5.75 Å². The van der Waals surface area contributed by atoms with Crippen molar-refractivity contribution < 1.29 is 4.74 Å². The molecule has 0 unspecified atom stereocenters. The van der Waals surface area contributed by atoms with Crippen molar-refractivity contribution >= 4 is 12.2 Å². The third kappa shape index (κ3) is 3.98. The Hall–Kier alpha value is -2.02. The third-order valence-electron chi connectivity index (χ3n) is 3.69. The van der Waals surface area contributed by atoms with Gasteiger partial charge in [-0.3, -0.25) is 0 Å². The van der Waals surface area contributed by atoms with E-state index in [2.05, 4.69) is 68.5 Å². The second-order valence-electron chi connectivity index (χ2n) is 5.18. The zero-order chi connectivity index (χ0) is 15.1. The summed E-state index contributed by atoms with van der Waals surface area (Å²) in [6.45, 7) is 6.87. The van der Waals surface area contributed by atoms with Gasteiger partial charge >= 0.3 is 0 Å². The molecule has 1 aromatic rings. The lowest BCUT2D eigenvalue weighted by molar-refractivity contribution is 0.339. The average Bonchev–Trinajstić information content (AvgIpc) is 2.52. The van der Waals surface area contributed by atoms with Crippen molar-refractivity contribution in [1.82, 2.24) is 0 Å². The summed E-state index contributed by atoms with van der Waals surface area (Å²) >= 11 is 0. The predicted molar refractivity (Wildman–Crippen MR) is 92.6 cm³/mol. The molecule has 1 heteroatoms. The highest BCUT2D eigenvalue weighted by molar-refractivity contribution is 5.74. The first-order valence-electron chi connectivity index (χ1n) is 7.69. The van der Waals surface area contributed by atoms with Gasteiger partial charge in [0, 0.05) is 5.56 Å². The Morgan fingerprint density at radius 3 is 2.90 bits per heavy atom. The van der Waals surface area contributed by atoms with Crippen molar-refractivity contribution in [1.29, 1.82) is 0 Å². The van der Waals surface area contributed by atoms with E-state index in [0.29, 0.717) is 6.61 Å². The molecule has 0 N–H and O–H groups in total. The Kier molecular flexibility index (Phi) is 5.62. The van der Waals surface area contributed by atoms with Crippen LogP contribution in [0.3, 0.4) is 0 Å². The van der Waals surface area contributed by atoms with E-state index in [-0.39, 0.29) is 0 Å². The highest BCUT2D eigenvalue weighted by Gasteiger charge is 2.12. The molecule has 0 saturated heterocycles. The van der Waals surface area contributed by atoms with Gasteiger partial charge in [-0.2, -0.15) is 0 Å². The molecule has 0 amide bonds. The summed E-state index contributed by atoms with van der Waals surface area (Å²) < 4.78 is 5.78. The Labute approximate surface area is 128 Å². The van der Waals surface area contributed by atoms with Crippen molar-refractivity contribution in [2.24, 2.45) is 0 Å². The van der Waals surface area contributed by atoms with Crippen LogP contribution in [0.4, 0.5) is 0 Å². The molecule has 0 aromatic heterocycles. The van der Waals surface area contributed by atoms with Crippen LogP contribution in [0.2, 0.25) is 0 Å². The molecular weight excluding hydrogens is 256 g/mol. The maximum atomic E-state index is 5.78. The minimum absolute atomic E-state index is 0.691. The van der Waals surface area contributed by atoms with Gasteiger partial charge < -0.3 is 4.74 Å². The van der Waals surface area contributed by atoms with E-state index in [1.165, 1.54) is 22.3 Å². The molecule has 0 fully saturated rings. The predicted octanol–water partition coefficient (Wildman–Crippen LogP) is 5.58.